The third-order valence-corrected chi connectivity index (χ3v) is 4.35. The molecular weight excluding hydrogens is 296 g/mol. The lowest BCUT2D eigenvalue weighted by molar-refractivity contribution is 0.666. The molecule has 0 aliphatic rings. The van der Waals surface area contributed by atoms with E-state index in [0.717, 1.165) is 39.2 Å². The van der Waals surface area contributed by atoms with E-state index in [9.17, 15) is 0 Å². The smallest absolute Gasteiger partial charge is 0.180 e. The number of fused-ring (bicyclic) bond motifs is 4. The molecule has 114 valence electrons. The number of aromatic nitrogens is 2. The molecule has 2 aromatic heterocycles. The van der Waals surface area contributed by atoms with Crippen molar-refractivity contribution in [3.63, 3.8) is 0 Å². The number of para-hydroxylation sites is 1. The summed E-state index contributed by atoms with van der Waals surface area (Å²) in [4.78, 5) is 9.28. The van der Waals surface area contributed by atoms with E-state index in [2.05, 4.69) is 40.3 Å². The average Bonchev–Trinajstić information content (AvgIpc) is 2.99. The predicted octanol–water partition coefficient (Wildman–Crippen LogP) is 5.50. The molecule has 5 rings (SSSR count). The van der Waals surface area contributed by atoms with E-state index >= 15 is 0 Å². The highest BCUT2D eigenvalue weighted by molar-refractivity contribution is 6.06. The van der Waals surface area contributed by atoms with Crippen LogP contribution in [0.25, 0.3) is 44.1 Å². The molecule has 3 nitrogen and oxygen atoms in total. The zero-order chi connectivity index (χ0) is 16.1. The van der Waals surface area contributed by atoms with Gasteiger partial charge in [-0.2, -0.15) is 0 Å². The van der Waals surface area contributed by atoms with Crippen LogP contribution in [0.15, 0.2) is 71.1 Å². The normalized spacial score (nSPS) is 11.5. The first-order valence-corrected chi connectivity index (χ1v) is 7.95. The lowest BCUT2D eigenvalue weighted by atomic mass is 10.0. The van der Waals surface area contributed by atoms with Gasteiger partial charge >= 0.3 is 0 Å². The molecule has 0 unspecified atom stereocenters. The van der Waals surface area contributed by atoms with Crippen LogP contribution in [0.3, 0.4) is 0 Å². The molecule has 0 saturated heterocycles. The van der Waals surface area contributed by atoms with Crippen molar-refractivity contribution >= 4 is 32.8 Å². The van der Waals surface area contributed by atoms with Gasteiger partial charge in [0.05, 0.1) is 0 Å². The Balaban J connectivity index is 1.87. The molecule has 5 aromatic rings. The second-order valence-corrected chi connectivity index (χ2v) is 5.96. The SMILES string of the molecule is Cc1nc(-c2ccc3ccccc3c2)c2oc3ccccc3c2n1. The molecule has 0 saturated carbocycles. The molecule has 0 amide bonds. The van der Waals surface area contributed by atoms with Crippen LogP contribution >= 0.6 is 0 Å². The van der Waals surface area contributed by atoms with E-state index in [1.807, 2.05) is 43.3 Å². The average molecular weight is 310 g/mol. The zero-order valence-corrected chi connectivity index (χ0v) is 13.2. The van der Waals surface area contributed by atoms with Crippen LogP contribution in [0.1, 0.15) is 5.82 Å². The van der Waals surface area contributed by atoms with Crippen molar-refractivity contribution in [1.82, 2.24) is 9.97 Å². The Morgan fingerprint density at radius 3 is 2.50 bits per heavy atom. The molecule has 0 spiro atoms. The largest absolute Gasteiger partial charge is 0.452 e. The van der Waals surface area contributed by atoms with Gasteiger partial charge in [-0.15, -0.1) is 0 Å². The summed E-state index contributed by atoms with van der Waals surface area (Å²) in [5.74, 6) is 0.747. The van der Waals surface area contributed by atoms with Crippen LogP contribution in [-0.4, -0.2) is 9.97 Å². The van der Waals surface area contributed by atoms with Crippen LogP contribution in [0, 0.1) is 6.92 Å². The van der Waals surface area contributed by atoms with E-state index < -0.39 is 0 Å². The molecule has 0 radical (unpaired) electrons. The highest BCUT2D eigenvalue weighted by Crippen LogP contribution is 2.34. The van der Waals surface area contributed by atoms with Gasteiger partial charge in [-0.3, -0.25) is 0 Å². The summed E-state index contributed by atoms with van der Waals surface area (Å²) >= 11 is 0. The molecule has 0 aliphatic heterocycles. The number of aryl methyl sites for hydroxylation is 1. The minimum Gasteiger partial charge on any atom is -0.452 e. The Bertz CT molecular complexity index is 1220. The van der Waals surface area contributed by atoms with Gasteiger partial charge < -0.3 is 4.42 Å². The van der Waals surface area contributed by atoms with Gasteiger partial charge in [0.2, 0.25) is 0 Å². The summed E-state index contributed by atoms with van der Waals surface area (Å²) < 4.78 is 6.08. The molecule has 0 bridgehead atoms. The Kier molecular flexibility index (Phi) is 2.71. The number of rotatable bonds is 1. The quantitative estimate of drug-likeness (QED) is 0.410. The monoisotopic (exact) mass is 310 g/mol. The van der Waals surface area contributed by atoms with Crippen molar-refractivity contribution in [2.75, 3.05) is 0 Å². The van der Waals surface area contributed by atoms with Gasteiger partial charge in [-0.05, 0) is 35.9 Å². The third kappa shape index (κ3) is 1.91. The maximum atomic E-state index is 6.08. The van der Waals surface area contributed by atoms with Crippen LogP contribution in [0.5, 0.6) is 0 Å². The minimum absolute atomic E-state index is 0.747. The van der Waals surface area contributed by atoms with Crippen molar-refractivity contribution < 1.29 is 4.42 Å². The molecule has 0 N–H and O–H groups in total. The molecule has 3 heteroatoms. The number of furan rings is 1. The van der Waals surface area contributed by atoms with Crippen LogP contribution in [0.4, 0.5) is 0 Å². The molecule has 0 fully saturated rings. The van der Waals surface area contributed by atoms with E-state index in [1.54, 1.807) is 0 Å². The Morgan fingerprint density at radius 1 is 0.792 bits per heavy atom. The maximum absolute atomic E-state index is 6.08. The lowest BCUT2D eigenvalue weighted by Crippen LogP contribution is -1.92. The first kappa shape index (κ1) is 13.3. The molecule has 3 aromatic carbocycles. The Morgan fingerprint density at radius 2 is 1.58 bits per heavy atom. The van der Waals surface area contributed by atoms with Gasteiger partial charge in [0, 0.05) is 10.9 Å². The third-order valence-electron chi connectivity index (χ3n) is 4.35. The number of hydrogen-bond donors (Lipinski definition) is 0. The lowest BCUT2D eigenvalue weighted by Gasteiger charge is -2.05. The van der Waals surface area contributed by atoms with Crippen molar-refractivity contribution in [2.45, 2.75) is 6.92 Å². The van der Waals surface area contributed by atoms with Crippen LogP contribution in [0.2, 0.25) is 0 Å². The highest BCUT2D eigenvalue weighted by atomic mass is 16.3. The van der Waals surface area contributed by atoms with Gasteiger partial charge in [-0.25, -0.2) is 9.97 Å². The van der Waals surface area contributed by atoms with E-state index in [-0.39, 0.29) is 0 Å². The van der Waals surface area contributed by atoms with E-state index in [4.69, 9.17) is 4.42 Å². The summed E-state index contributed by atoms with van der Waals surface area (Å²) in [5.41, 5.74) is 4.36. The van der Waals surface area contributed by atoms with Crippen molar-refractivity contribution in [1.29, 1.82) is 0 Å². The minimum atomic E-state index is 0.747. The fourth-order valence-electron chi connectivity index (χ4n) is 3.24. The zero-order valence-electron chi connectivity index (χ0n) is 13.2. The standard InChI is InChI=1S/C21H14N2O/c1-13-22-19(16-11-10-14-6-2-3-7-15(14)12-16)21-20(23-13)17-8-4-5-9-18(17)24-21/h2-12H,1H3. The first-order chi connectivity index (χ1) is 11.8. The molecule has 2 heterocycles. The maximum Gasteiger partial charge on any atom is 0.180 e. The summed E-state index contributed by atoms with van der Waals surface area (Å²) in [6.45, 7) is 1.92. The van der Waals surface area contributed by atoms with Crippen molar-refractivity contribution in [3.8, 4) is 11.3 Å². The van der Waals surface area contributed by atoms with Gasteiger partial charge in [0.1, 0.15) is 22.6 Å². The summed E-state index contributed by atoms with van der Waals surface area (Å²) in [6, 6.07) is 22.7. The molecule has 24 heavy (non-hydrogen) atoms. The number of benzene rings is 3. The van der Waals surface area contributed by atoms with Crippen molar-refractivity contribution in [3.05, 3.63) is 72.6 Å². The van der Waals surface area contributed by atoms with E-state index in [0.29, 0.717) is 0 Å². The molecular formula is C21H14N2O. The van der Waals surface area contributed by atoms with E-state index in [1.165, 1.54) is 10.8 Å². The predicted molar refractivity (Wildman–Crippen MR) is 97.0 cm³/mol. The summed E-state index contributed by atoms with van der Waals surface area (Å²) in [7, 11) is 0. The van der Waals surface area contributed by atoms with Gasteiger partial charge in [-0.1, -0.05) is 48.5 Å². The van der Waals surface area contributed by atoms with Gasteiger partial charge in [0.25, 0.3) is 0 Å². The van der Waals surface area contributed by atoms with Gasteiger partial charge in [0.15, 0.2) is 5.58 Å². The van der Waals surface area contributed by atoms with Crippen LogP contribution in [-0.2, 0) is 0 Å². The molecule has 0 aliphatic carbocycles. The summed E-state index contributed by atoms with van der Waals surface area (Å²) in [5, 5.41) is 3.43. The summed E-state index contributed by atoms with van der Waals surface area (Å²) in [6.07, 6.45) is 0. The fourth-order valence-corrected chi connectivity index (χ4v) is 3.24. The Labute approximate surface area is 138 Å². The second-order valence-electron chi connectivity index (χ2n) is 5.96. The number of nitrogens with zero attached hydrogens (tertiary/aromatic N) is 2. The fraction of sp³-hybridized carbons (Fsp3) is 0.0476. The first-order valence-electron chi connectivity index (χ1n) is 7.95. The second kappa shape index (κ2) is 4.90. The number of hydrogen-bond acceptors (Lipinski definition) is 3. The molecule has 0 atom stereocenters. The highest BCUT2D eigenvalue weighted by Gasteiger charge is 2.15. The van der Waals surface area contributed by atoms with Crippen LogP contribution < -0.4 is 0 Å². The topological polar surface area (TPSA) is 38.9 Å². The van der Waals surface area contributed by atoms with Crippen molar-refractivity contribution in [2.24, 2.45) is 0 Å². The Hall–Kier alpha value is -3.20.